The Labute approximate surface area is 126 Å². The molecule has 1 heterocycles. The van der Waals surface area contributed by atoms with Crippen LogP contribution in [0.3, 0.4) is 0 Å². The van der Waals surface area contributed by atoms with Gasteiger partial charge in [-0.3, -0.25) is 4.99 Å². The lowest BCUT2D eigenvalue weighted by molar-refractivity contribution is -0.378. The molecular weight excluding hydrogens is 291 g/mol. The van der Waals surface area contributed by atoms with Crippen LogP contribution in [0.1, 0.15) is 25.0 Å². The number of benzene rings is 1. The molecule has 1 aromatic carbocycles. The number of pyridine rings is 1. The van der Waals surface area contributed by atoms with Crippen LogP contribution in [0.2, 0.25) is 0 Å². The van der Waals surface area contributed by atoms with E-state index in [4.69, 9.17) is 0 Å². The molecule has 0 unspecified atom stereocenters. The van der Waals surface area contributed by atoms with Gasteiger partial charge in [0, 0.05) is 29.4 Å². The zero-order valence-electron chi connectivity index (χ0n) is 12.3. The summed E-state index contributed by atoms with van der Waals surface area (Å²) in [5.74, 6) is 0.531. The molecular formula is C16H17F3N3+. The summed E-state index contributed by atoms with van der Waals surface area (Å²) in [6.07, 6.45) is -0.896. The van der Waals surface area contributed by atoms with Gasteiger partial charge < -0.3 is 5.32 Å². The number of aliphatic imine (C=N–C) groups is 1. The summed E-state index contributed by atoms with van der Waals surface area (Å²) in [5, 5.41) is 2.98. The molecule has 3 nitrogen and oxygen atoms in total. The number of alkyl halides is 3. The van der Waals surface area contributed by atoms with Crippen molar-refractivity contribution in [1.82, 2.24) is 0 Å². The van der Waals surface area contributed by atoms with Crippen molar-refractivity contribution in [2.24, 2.45) is 4.99 Å². The van der Waals surface area contributed by atoms with Gasteiger partial charge in [0.25, 0.3) is 0 Å². The van der Waals surface area contributed by atoms with Gasteiger partial charge >= 0.3 is 6.18 Å². The zero-order valence-corrected chi connectivity index (χ0v) is 12.3. The molecule has 0 atom stereocenters. The Hall–Kier alpha value is -2.37. The molecule has 0 aliphatic rings. The highest BCUT2D eigenvalue weighted by Crippen LogP contribution is 2.30. The Kier molecular flexibility index (Phi) is 4.80. The van der Waals surface area contributed by atoms with Crippen molar-refractivity contribution >= 4 is 11.5 Å². The molecule has 116 valence electrons. The minimum atomic E-state index is -4.37. The lowest BCUT2D eigenvalue weighted by Gasteiger charge is -2.13. The smallest absolute Gasteiger partial charge is 0.340 e. The molecule has 0 amide bonds. The van der Waals surface area contributed by atoms with Gasteiger partial charge in [0.2, 0.25) is 0 Å². The number of H-pyrrole nitrogens is 1. The third kappa shape index (κ3) is 4.31. The number of amidine groups is 1. The van der Waals surface area contributed by atoms with Crippen molar-refractivity contribution in [3.8, 4) is 0 Å². The van der Waals surface area contributed by atoms with Crippen molar-refractivity contribution in [2.45, 2.75) is 26.1 Å². The van der Waals surface area contributed by atoms with Gasteiger partial charge in [-0.1, -0.05) is 6.07 Å². The van der Waals surface area contributed by atoms with E-state index in [9.17, 15) is 13.2 Å². The SMILES string of the molecule is CC(C)N=C(Nc1cccc(C(F)(F)F)c1)c1cc[nH+]cc1. The van der Waals surface area contributed by atoms with E-state index >= 15 is 0 Å². The maximum atomic E-state index is 12.8. The van der Waals surface area contributed by atoms with Crippen LogP contribution in [0.15, 0.2) is 53.8 Å². The molecule has 0 radical (unpaired) electrons. The number of halogens is 3. The number of nitrogens with one attached hydrogen (secondary N) is 2. The van der Waals surface area contributed by atoms with Crippen molar-refractivity contribution in [3.05, 3.63) is 59.9 Å². The fourth-order valence-electron chi connectivity index (χ4n) is 1.89. The molecule has 0 saturated heterocycles. The molecule has 0 aliphatic heterocycles. The summed E-state index contributed by atoms with van der Waals surface area (Å²) in [4.78, 5) is 7.35. The predicted molar refractivity (Wildman–Crippen MR) is 79.7 cm³/mol. The number of rotatable bonds is 3. The minimum absolute atomic E-state index is 0.0116. The number of hydrogen-bond acceptors (Lipinski definition) is 1. The highest BCUT2D eigenvalue weighted by molar-refractivity contribution is 6.08. The fraction of sp³-hybridized carbons (Fsp3) is 0.250. The second kappa shape index (κ2) is 6.60. The summed E-state index contributed by atoms with van der Waals surface area (Å²) >= 11 is 0. The van der Waals surface area contributed by atoms with E-state index < -0.39 is 11.7 Å². The first kappa shape index (κ1) is 16.0. The standard InChI is InChI=1S/C16H16F3N3/c1-11(2)21-15(12-6-8-20-9-7-12)22-14-5-3-4-13(10-14)16(17,18)19/h3-11H,1-2H3,(H,21,22)/p+1. The Morgan fingerprint density at radius 1 is 1.14 bits per heavy atom. The van der Waals surface area contributed by atoms with Crippen molar-refractivity contribution < 1.29 is 18.2 Å². The largest absolute Gasteiger partial charge is 0.416 e. The molecule has 2 N–H and O–H groups in total. The van der Waals surface area contributed by atoms with Gasteiger partial charge in [-0.15, -0.1) is 0 Å². The maximum Gasteiger partial charge on any atom is 0.416 e. The van der Waals surface area contributed by atoms with Crippen LogP contribution in [0, 0.1) is 0 Å². The first-order chi connectivity index (χ1) is 10.4. The minimum Gasteiger partial charge on any atom is -0.340 e. The molecule has 2 rings (SSSR count). The lowest BCUT2D eigenvalue weighted by atomic mass is 10.1. The van der Waals surface area contributed by atoms with Gasteiger partial charge in [0.1, 0.15) is 5.84 Å². The molecule has 0 fully saturated rings. The van der Waals surface area contributed by atoms with Gasteiger partial charge in [-0.2, -0.15) is 13.2 Å². The molecule has 0 bridgehead atoms. The second-order valence-electron chi connectivity index (χ2n) is 5.06. The Balaban J connectivity index is 2.33. The Bertz CT molecular complexity index is 649. The van der Waals surface area contributed by atoms with Gasteiger partial charge in [0.05, 0.1) is 5.56 Å². The van der Waals surface area contributed by atoms with Crippen molar-refractivity contribution in [2.75, 3.05) is 5.32 Å². The van der Waals surface area contributed by atoms with Crippen molar-refractivity contribution in [3.63, 3.8) is 0 Å². The molecule has 0 saturated carbocycles. The van der Waals surface area contributed by atoms with Crippen molar-refractivity contribution in [1.29, 1.82) is 0 Å². The van der Waals surface area contributed by atoms with Crippen LogP contribution < -0.4 is 10.3 Å². The molecule has 2 aromatic rings. The lowest BCUT2D eigenvalue weighted by Crippen LogP contribution is -2.17. The fourth-order valence-corrected chi connectivity index (χ4v) is 1.89. The quantitative estimate of drug-likeness (QED) is 0.680. The van der Waals surface area contributed by atoms with Crippen LogP contribution in [-0.2, 0) is 6.18 Å². The van der Waals surface area contributed by atoms with Gasteiger partial charge in [-0.05, 0) is 32.0 Å². The predicted octanol–water partition coefficient (Wildman–Crippen LogP) is 3.79. The zero-order chi connectivity index (χ0) is 16.2. The summed E-state index contributed by atoms with van der Waals surface area (Å²) < 4.78 is 38.3. The van der Waals surface area contributed by atoms with Crippen LogP contribution >= 0.6 is 0 Å². The molecule has 22 heavy (non-hydrogen) atoms. The van der Waals surface area contributed by atoms with Crippen LogP contribution in [0.25, 0.3) is 0 Å². The maximum absolute atomic E-state index is 12.8. The third-order valence-corrected chi connectivity index (χ3v) is 2.83. The van der Waals surface area contributed by atoms with E-state index in [0.29, 0.717) is 11.5 Å². The summed E-state index contributed by atoms with van der Waals surface area (Å²) in [5.41, 5.74) is 0.453. The van der Waals surface area contributed by atoms with E-state index in [1.54, 1.807) is 18.5 Å². The first-order valence-electron chi connectivity index (χ1n) is 6.85. The summed E-state index contributed by atoms with van der Waals surface area (Å²) in [6.45, 7) is 3.81. The highest BCUT2D eigenvalue weighted by atomic mass is 19.4. The Morgan fingerprint density at radius 2 is 1.82 bits per heavy atom. The average Bonchev–Trinajstić information content (AvgIpc) is 2.46. The van der Waals surface area contributed by atoms with Gasteiger partial charge in [-0.25, -0.2) is 4.98 Å². The monoisotopic (exact) mass is 308 g/mol. The van der Waals surface area contributed by atoms with E-state index in [1.807, 2.05) is 26.0 Å². The molecule has 0 aliphatic carbocycles. The normalized spacial score (nSPS) is 12.5. The summed E-state index contributed by atoms with van der Waals surface area (Å²) in [6, 6.07) is 8.70. The average molecular weight is 308 g/mol. The number of nitrogens with zero attached hydrogens (tertiary/aromatic N) is 1. The van der Waals surface area contributed by atoms with Gasteiger partial charge in [0.15, 0.2) is 12.4 Å². The van der Waals surface area contributed by atoms with E-state index in [0.717, 1.165) is 17.7 Å². The van der Waals surface area contributed by atoms with Crippen LogP contribution in [-0.4, -0.2) is 11.9 Å². The highest BCUT2D eigenvalue weighted by Gasteiger charge is 2.30. The summed E-state index contributed by atoms with van der Waals surface area (Å²) in [7, 11) is 0. The first-order valence-corrected chi connectivity index (χ1v) is 6.85. The number of aromatic amines is 1. The van der Waals surface area contributed by atoms with E-state index in [-0.39, 0.29) is 6.04 Å². The topological polar surface area (TPSA) is 38.5 Å². The van der Waals surface area contributed by atoms with Crippen LogP contribution in [0.4, 0.5) is 18.9 Å². The number of hydrogen-bond donors (Lipinski definition) is 1. The molecule has 0 spiro atoms. The number of aromatic nitrogens is 1. The second-order valence-corrected chi connectivity index (χ2v) is 5.06. The van der Waals surface area contributed by atoms with E-state index in [2.05, 4.69) is 15.3 Å². The molecule has 1 aromatic heterocycles. The van der Waals surface area contributed by atoms with Crippen LogP contribution in [0.5, 0.6) is 0 Å². The molecule has 6 heteroatoms. The third-order valence-electron chi connectivity index (χ3n) is 2.83. The Morgan fingerprint density at radius 3 is 2.41 bits per heavy atom. The number of anilines is 1. The van der Waals surface area contributed by atoms with E-state index in [1.165, 1.54) is 6.07 Å².